The number of carbonyl (C=O) groups excluding carboxylic acids is 2. The van der Waals surface area contributed by atoms with Gasteiger partial charge in [0, 0.05) is 11.0 Å². The molecule has 1 aromatic carbocycles. The summed E-state index contributed by atoms with van der Waals surface area (Å²) in [5, 5.41) is 12.5. The van der Waals surface area contributed by atoms with Gasteiger partial charge in [-0.15, -0.1) is 11.3 Å². The summed E-state index contributed by atoms with van der Waals surface area (Å²) in [5.74, 6) is -1.20. The van der Waals surface area contributed by atoms with Crippen molar-refractivity contribution in [3.8, 4) is 17.4 Å². The molecular formula is C23H18FN3O3S. The van der Waals surface area contributed by atoms with E-state index in [1.807, 2.05) is 6.07 Å². The fourth-order valence-corrected chi connectivity index (χ4v) is 4.90. The molecule has 0 radical (unpaired) electrons. The van der Waals surface area contributed by atoms with Gasteiger partial charge in [0.1, 0.15) is 34.0 Å². The maximum absolute atomic E-state index is 14.0. The predicted molar refractivity (Wildman–Crippen MR) is 116 cm³/mol. The third kappa shape index (κ3) is 4.13. The van der Waals surface area contributed by atoms with Crippen LogP contribution in [-0.4, -0.2) is 11.8 Å². The zero-order valence-corrected chi connectivity index (χ0v) is 17.2. The smallest absolute Gasteiger partial charge is 0.267 e. The average molecular weight is 435 g/mol. The second-order valence-corrected chi connectivity index (χ2v) is 8.19. The fourth-order valence-electron chi connectivity index (χ4n) is 3.61. The molecule has 8 heteroatoms. The van der Waals surface area contributed by atoms with Crippen molar-refractivity contribution in [3.63, 3.8) is 0 Å². The van der Waals surface area contributed by atoms with Crippen molar-refractivity contribution in [2.75, 3.05) is 5.32 Å². The van der Waals surface area contributed by atoms with E-state index < -0.39 is 17.6 Å². The molecule has 6 nitrogen and oxygen atoms in total. The maximum Gasteiger partial charge on any atom is 0.267 e. The largest absolute Gasteiger partial charge is 0.457 e. The molecule has 0 spiro atoms. The number of nitrogens with zero attached hydrogens (tertiary/aromatic N) is 1. The molecule has 31 heavy (non-hydrogen) atoms. The molecular weight excluding hydrogens is 417 g/mol. The van der Waals surface area contributed by atoms with Crippen LogP contribution in [0.3, 0.4) is 0 Å². The van der Waals surface area contributed by atoms with Crippen LogP contribution in [0.4, 0.5) is 9.39 Å². The van der Waals surface area contributed by atoms with Crippen molar-refractivity contribution in [2.24, 2.45) is 5.73 Å². The van der Waals surface area contributed by atoms with Gasteiger partial charge in [0.05, 0.1) is 11.1 Å². The molecule has 0 bridgehead atoms. The number of primary amides is 1. The van der Waals surface area contributed by atoms with Crippen molar-refractivity contribution in [1.29, 1.82) is 5.26 Å². The number of rotatable bonds is 5. The summed E-state index contributed by atoms with van der Waals surface area (Å²) in [5.41, 5.74) is 6.83. The molecule has 0 saturated heterocycles. The van der Waals surface area contributed by atoms with E-state index in [0.29, 0.717) is 10.6 Å². The minimum atomic E-state index is -0.674. The zero-order valence-electron chi connectivity index (χ0n) is 16.4. The van der Waals surface area contributed by atoms with Gasteiger partial charge in [-0.1, -0.05) is 12.1 Å². The highest BCUT2D eigenvalue weighted by atomic mass is 32.1. The Morgan fingerprint density at radius 1 is 1.19 bits per heavy atom. The van der Waals surface area contributed by atoms with Gasteiger partial charge in [0.2, 0.25) is 0 Å². The summed E-state index contributed by atoms with van der Waals surface area (Å²) in [6.45, 7) is 0. The lowest BCUT2D eigenvalue weighted by molar-refractivity contribution is -0.112. The topological polar surface area (TPSA) is 109 Å². The number of hydrogen-bond donors (Lipinski definition) is 2. The number of furan rings is 1. The van der Waals surface area contributed by atoms with E-state index in [4.69, 9.17) is 10.2 Å². The Bertz CT molecular complexity index is 1250. The molecule has 1 aliphatic rings. The molecule has 156 valence electrons. The number of fused-ring (bicyclic) bond motifs is 1. The highest BCUT2D eigenvalue weighted by molar-refractivity contribution is 7.17. The van der Waals surface area contributed by atoms with Crippen LogP contribution in [0.1, 0.15) is 39.4 Å². The predicted octanol–water partition coefficient (Wildman–Crippen LogP) is 4.67. The number of halogens is 1. The molecule has 0 atom stereocenters. The molecule has 2 heterocycles. The minimum Gasteiger partial charge on any atom is -0.457 e. The first-order valence-electron chi connectivity index (χ1n) is 9.70. The summed E-state index contributed by atoms with van der Waals surface area (Å²) in [6, 6.07) is 11.1. The lowest BCUT2D eigenvalue weighted by atomic mass is 9.95. The van der Waals surface area contributed by atoms with E-state index in [0.717, 1.165) is 36.1 Å². The average Bonchev–Trinajstić information content (AvgIpc) is 3.36. The van der Waals surface area contributed by atoms with Crippen molar-refractivity contribution in [2.45, 2.75) is 25.7 Å². The Hall–Kier alpha value is -3.70. The number of nitrogens with two attached hydrogens (primary N) is 1. The van der Waals surface area contributed by atoms with Crippen LogP contribution in [0.5, 0.6) is 0 Å². The summed E-state index contributed by atoms with van der Waals surface area (Å²) < 4.78 is 19.5. The van der Waals surface area contributed by atoms with E-state index in [1.165, 1.54) is 23.5 Å². The molecule has 0 fully saturated rings. The maximum atomic E-state index is 14.0. The molecule has 2 amide bonds. The number of carbonyl (C=O) groups is 2. The lowest BCUT2D eigenvalue weighted by Gasteiger charge is -2.11. The third-order valence-electron chi connectivity index (χ3n) is 5.06. The van der Waals surface area contributed by atoms with Gasteiger partial charge in [-0.25, -0.2) is 4.39 Å². The van der Waals surface area contributed by atoms with Crippen molar-refractivity contribution in [3.05, 3.63) is 69.6 Å². The zero-order chi connectivity index (χ0) is 22.0. The lowest BCUT2D eigenvalue weighted by Crippen LogP contribution is -2.19. The Morgan fingerprint density at radius 2 is 1.97 bits per heavy atom. The highest BCUT2D eigenvalue weighted by Crippen LogP contribution is 2.38. The van der Waals surface area contributed by atoms with Crippen LogP contribution < -0.4 is 11.1 Å². The first-order chi connectivity index (χ1) is 15.0. The van der Waals surface area contributed by atoms with E-state index in [9.17, 15) is 19.2 Å². The molecule has 3 N–H and O–H groups in total. The number of hydrogen-bond acceptors (Lipinski definition) is 5. The number of thiophene rings is 1. The van der Waals surface area contributed by atoms with Gasteiger partial charge in [-0.2, -0.15) is 5.26 Å². The summed E-state index contributed by atoms with van der Waals surface area (Å²) >= 11 is 1.32. The number of aryl methyl sites for hydroxylation is 1. The highest BCUT2D eigenvalue weighted by Gasteiger charge is 2.25. The van der Waals surface area contributed by atoms with Crippen LogP contribution >= 0.6 is 11.3 Å². The SMILES string of the molecule is N#C/C(=C/c1ccc(-c2ccccc2F)o1)C(=O)Nc1sc2c(c1C(N)=O)CCCC2. The second-order valence-electron chi connectivity index (χ2n) is 7.09. The minimum absolute atomic E-state index is 0.212. The summed E-state index contributed by atoms with van der Waals surface area (Å²) in [7, 11) is 0. The normalized spacial score (nSPS) is 13.4. The number of benzene rings is 1. The molecule has 4 rings (SSSR count). The Balaban J connectivity index is 1.60. The summed E-state index contributed by atoms with van der Waals surface area (Å²) in [4.78, 5) is 25.7. The molecule has 3 aromatic rings. The number of nitriles is 1. The number of amides is 2. The van der Waals surface area contributed by atoms with Gasteiger partial charge in [-0.3, -0.25) is 9.59 Å². The first kappa shape index (κ1) is 20.6. The molecule has 0 saturated carbocycles. The molecule has 0 unspecified atom stereocenters. The standard InChI is InChI=1S/C23H18FN3O3S/c24-17-7-3-1-5-15(17)18-10-9-14(30-18)11-13(12-25)22(29)27-23-20(21(26)28)16-6-2-4-8-19(16)31-23/h1,3,5,7,9-11H,2,4,6,8H2,(H2,26,28)(H,27,29)/b13-11-. The van der Waals surface area contributed by atoms with Gasteiger partial charge < -0.3 is 15.5 Å². The molecule has 1 aliphatic carbocycles. The Labute approximate surface area is 181 Å². The van der Waals surface area contributed by atoms with Gasteiger partial charge in [0.25, 0.3) is 11.8 Å². The van der Waals surface area contributed by atoms with Crippen LogP contribution in [0.25, 0.3) is 17.4 Å². The van der Waals surface area contributed by atoms with Gasteiger partial charge in [0.15, 0.2) is 0 Å². The summed E-state index contributed by atoms with van der Waals surface area (Å²) in [6.07, 6.45) is 4.83. The van der Waals surface area contributed by atoms with Crippen LogP contribution in [0, 0.1) is 17.1 Å². The number of nitrogens with one attached hydrogen (secondary N) is 1. The van der Waals surface area contributed by atoms with Crippen molar-refractivity contribution >= 4 is 34.2 Å². The van der Waals surface area contributed by atoms with Crippen LogP contribution in [0.2, 0.25) is 0 Å². The van der Waals surface area contributed by atoms with E-state index in [-0.39, 0.29) is 22.7 Å². The van der Waals surface area contributed by atoms with Crippen LogP contribution in [0.15, 0.2) is 46.4 Å². The first-order valence-corrected chi connectivity index (χ1v) is 10.5. The fraction of sp³-hybridized carbons (Fsp3) is 0.174. The third-order valence-corrected chi connectivity index (χ3v) is 6.27. The van der Waals surface area contributed by atoms with Gasteiger partial charge >= 0.3 is 0 Å². The van der Waals surface area contributed by atoms with E-state index in [2.05, 4.69) is 5.32 Å². The van der Waals surface area contributed by atoms with Crippen molar-refractivity contribution in [1.82, 2.24) is 0 Å². The Morgan fingerprint density at radius 3 is 2.71 bits per heavy atom. The molecule has 0 aliphatic heterocycles. The van der Waals surface area contributed by atoms with Crippen LogP contribution in [-0.2, 0) is 17.6 Å². The van der Waals surface area contributed by atoms with Gasteiger partial charge in [-0.05, 0) is 55.5 Å². The van der Waals surface area contributed by atoms with Crippen molar-refractivity contribution < 1.29 is 18.4 Å². The second kappa shape index (κ2) is 8.58. The van der Waals surface area contributed by atoms with E-state index >= 15 is 0 Å². The van der Waals surface area contributed by atoms with E-state index in [1.54, 1.807) is 30.3 Å². The Kier molecular flexibility index (Phi) is 5.69. The number of anilines is 1. The quantitative estimate of drug-likeness (QED) is 0.448. The monoisotopic (exact) mass is 435 g/mol. The molecule has 2 aromatic heterocycles.